The third kappa shape index (κ3) is 6.59. The summed E-state index contributed by atoms with van der Waals surface area (Å²) in [4.78, 5) is 0. The lowest BCUT2D eigenvalue weighted by Crippen LogP contribution is -2.22. The predicted molar refractivity (Wildman–Crippen MR) is 82.5 cm³/mol. The molecule has 0 bridgehead atoms. The summed E-state index contributed by atoms with van der Waals surface area (Å²) in [7, 11) is 0. The molecule has 1 rings (SSSR count). The fourth-order valence-electron chi connectivity index (χ4n) is 1.89. The van der Waals surface area contributed by atoms with E-state index >= 15 is 0 Å². The van der Waals surface area contributed by atoms with Crippen molar-refractivity contribution in [1.29, 1.82) is 5.26 Å². The van der Waals surface area contributed by atoms with E-state index in [0.717, 1.165) is 18.4 Å². The van der Waals surface area contributed by atoms with Gasteiger partial charge in [-0.3, -0.25) is 0 Å². The SMILES string of the molecule is CC(C)NCc1cc(F)ccc1OCCCC(C)(C)C#N. The molecule has 0 saturated carbocycles. The normalized spacial score (nSPS) is 11.5. The predicted octanol–water partition coefficient (Wildman–Crippen LogP) is 4.03. The minimum Gasteiger partial charge on any atom is -0.493 e. The second kappa shape index (κ2) is 7.99. The van der Waals surface area contributed by atoms with Gasteiger partial charge in [-0.1, -0.05) is 13.8 Å². The number of rotatable bonds is 8. The number of hydrogen-bond donors (Lipinski definition) is 1. The molecule has 0 amide bonds. The number of halogens is 1. The first-order valence-corrected chi connectivity index (χ1v) is 7.40. The summed E-state index contributed by atoms with van der Waals surface area (Å²) in [6.45, 7) is 9.04. The standard InChI is InChI=1S/C17H25FN2O/c1-13(2)20-11-14-10-15(18)6-7-16(14)21-9-5-8-17(3,4)12-19/h6-7,10,13,20H,5,8-9,11H2,1-4H3. The van der Waals surface area contributed by atoms with Crippen LogP contribution in [-0.4, -0.2) is 12.6 Å². The molecule has 0 saturated heterocycles. The van der Waals surface area contributed by atoms with Gasteiger partial charge in [0.1, 0.15) is 11.6 Å². The molecule has 3 nitrogen and oxygen atoms in total. The number of benzene rings is 1. The monoisotopic (exact) mass is 292 g/mol. The van der Waals surface area contributed by atoms with E-state index in [4.69, 9.17) is 10.00 Å². The Morgan fingerprint density at radius 3 is 2.71 bits per heavy atom. The van der Waals surface area contributed by atoms with Gasteiger partial charge < -0.3 is 10.1 Å². The van der Waals surface area contributed by atoms with E-state index in [1.807, 2.05) is 27.7 Å². The summed E-state index contributed by atoms with van der Waals surface area (Å²) >= 11 is 0. The molecular weight excluding hydrogens is 267 g/mol. The lowest BCUT2D eigenvalue weighted by atomic mass is 9.90. The van der Waals surface area contributed by atoms with Crippen LogP contribution in [0.15, 0.2) is 18.2 Å². The van der Waals surface area contributed by atoms with E-state index in [0.29, 0.717) is 24.9 Å². The van der Waals surface area contributed by atoms with Crippen molar-refractivity contribution in [3.8, 4) is 11.8 Å². The molecule has 0 atom stereocenters. The zero-order chi connectivity index (χ0) is 15.9. The largest absolute Gasteiger partial charge is 0.493 e. The number of nitriles is 1. The molecule has 0 unspecified atom stereocenters. The van der Waals surface area contributed by atoms with Gasteiger partial charge >= 0.3 is 0 Å². The van der Waals surface area contributed by atoms with Crippen molar-refractivity contribution >= 4 is 0 Å². The highest BCUT2D eigenvalue weighted by molar-refractivity contribution is 5.34. The van der Waals surface area contributed by atoms with Crippen LogP contribution in [0.4, 0.5) is 4.39 Å². The first-order valence-electron chi connectivity index (χ1n) is 7.40. The quantitative estimate of drug-likeness (QED) is 0.736. The Morgan fingerprint density at radius 1 is 1.38 bits per heavy atom. The van der Waals surface area contributed by atoms with Crippen LogP contribution in [0, 0.1) is 22.6 Å². The van der Waals surface area contributed by atoms with Crippen LogP contribution in [0.2, 0.25) is 0 Å². The van der Waals surface area contributed by atoms with E-state index in [9.17, 15) is 4.39 Å². The van der Waals surface area contributed by atoms with E-state index in [1.54, 1.807) is 6.07 Å². The van der Waals surface area contributed by atoms with Crippen molar-refractivity contribution in [3.63, 3.8) is 0 Å². The Bertz CT molecular complexity index is 492. The van der Waals surface area contributed by atoms with Gasteiger partial charge in [0, 0.05) is 18.2 Å². The molecule has 1 aromatic rings. The average molecular weight is 292 g/mol. The Kier molecular flexibility index (Phi) is 6.64. The van der Waals surface area contributed by atoms with Crippen molar-refractivity contribution in [3.05, 3.63) is 29.6 Å². The molecule has 4 heteroatoms. The summed E-state index contributed by atoms with van der Waals surface area (Å²) in [6.07, 6.45) is 1.58. The molecule has 0 aliphatic carbocycles. The maximum atomic E-state index is 13.3. The fraction of sp³-hybridized carbons (Fsp3) is 0.588. The lowest BCUT2D eigenvalue weighted by Gasteiger charge is -2.16. The second-order valence-corrected chi connectivity index (χ2v) is 6.24. The van der Waals surface area contributed by atoms with Gasteiger partial charge in [-0.2, -0.15) is 5.26 Å². The van der Waals surface area contributed by atoms with Crippen LogP contribution >= 0.6 is 0 Å². The van der Waals surface area contributed by atoms with Crippen LogP contribution < -0.4 is 10.1 Å². The van der Waals surface area contributed by atoms with Crippen molar-refractivity contribution in [1.82, 2.24) is 5.32 Å². The van der Waals surface area contributed by atoms with E-state index < -0.39 is 0 Å². The average Bonchev–Trinajstić information content (AvgIpc) is 2.43. The first-order chi connectivity index (χ1) is 9.84. The summed E-state index contributed by atoms with van der Waals surface area (Å²) < 4.78 is 19.1. The Labute approximate surface area is 127 Å². The molecule has 116 valence electrons. The van der Waals surface area contributed by atoms with Gasteiger partial charge in [-0.05, 0) is 44.9 Å². The van der Waals surface area contributed by atoms with Crippen LogP contribution in [0.25, 0.3) is 0 Å². The van der Waals surface area contributed by atoms with Crippen LogP contribution in [0.5, 0.6) is 5.75 Å². The summed E-state index contributed by atoms with van der Waals surface area (Å²) in [5.41, 5.74) is 0.497. The van der Waals surface area contributed by atoms with Crippen LogP contribution in [-0.2, 0) is 6.54 Å². The molecule has 0 radical (unpaired) electrons. The fourth-order valence-corrected chi connectivity index (χ4v) is 1.89. The zero-order valence-electron chi connectivity index (χ0n) is 13.4. The number of hydrogen-bond acceptors (Lipinski definition) is 3. The Balaban J connectivity index is 2.56. The van der Waals surface area contributed by atoms with Gasteiger partial charge in [0.2, 0.25) is 0 Å². The summed E-state index contributed by atoms with van der Waals surface area (Å²) in [6, 6.07) is 7.19. The second-order valence-electron chi connectivity index (χ2n) is 6.24. The molecule has 0 aromatic heterocycles. The number of ether oxygens (including phenoxy) is 1. The molecule has 0 heterocycles. The molecule has 0 aliphatic heterocycles. The van der Waals surface area contributed by atoms with Crippen LogP contribution in [0.1, 0.15) is 46.1 Å². The summed E-state index contributed by atoms with van der Waals surface area (Å²) in [5.74, 6) is 0.452. The molecule has 1 aromatic carbocycles. The molecule has 0 fully saturated rings. The van der Waals surface area contributed by atoms with Gasteiger partial charge in [0.25, 0.3) is 0 Å². The number of nitrogens with zero attached hydrogens (tertiary/aromatic N) is 1. The highest BCUT2D eigenvalue weighted by Gasteiger charge is 2.16. The molecule has 0 aliphatic rings. The van der Waals surface area contributed by atoms with Gasteiger partial charge in [-0.25, -0.2) is 4.39 Å². The van der Waals surface area contributed by atoms with E-state index in [2.05, 4.69) is 11.4 Å². The lowest BCUT2D eigenvalue weighted by molar-refractivity contribution is 0.280. The minimum atomic E-state index is -0.325. The Hall–Kier alpha value is -1.60. The number of nitrogens with one attached hydrogen (secondary N) is 1. The van der Waals surface area contributed by atoms with Gasteiger partial charge in [0.15, 0.2) is 0 Å². The van der Waals surface area contributed by atoms with Crippen molar-refractivity contribution in [2.45, 2.75) is 53.1 Å². The Morgan fingerprint density at radius 2 is 2.10 bits per heavy atom. The highest BCUT2D eigenvalue weighted by atomic mass is 19.1. The highest BCUT2D eigenvalue weighted by Crippen LogP contribution is 2.23. The summed E-state index contributed by atoms with van der Waals surface area (Å²) in [5, 5.41) is 12.2. The smallest absolute Gasteiger partial charge is 0.123 e. The third-order valence-electron chi connectivity index (χ3n) is 3.23. The molecular formula is C17H25FN2O. The topological polar surface area (TPSA) is 45.0 Å². The first kappa shape index (κ1) is 17.5. The maximum Gasteiger partial charge on any atom is 0.123 e. The van der Waals surface area contributed by atoms with Crippen molar-refractivity contribution in [2.24, 2.45) is 5.41 Å². The third-order valence-corrected chi connectivity index (χ3v) is 3.23. The van der Waals surface area contributed by atoms with Crippen LogP contribution in [0.3, 0.4) is 0 Å². The van der Waals surface area contributed by atoms with Gasteiger partial charge in [-0.15, -0.1) is 0 Å². The molecule has 0 spiro atoms. The zero-order valence-corrected chi connectivity index (χ0v) is 13.4. The molecule has 21 heavy (non-hydrogen) atoms. The van der Waals surface area contributed by atoms with Gasteiger partial charge in [0.05, 0.1) is 18.1 Å². The maximum absolute atomic E-state index is 13.3. The minimum absolute atomic E-state index is 0.256. The van der Waals surface area contributed by atoms with E-state index in [1.165, 1.54) is 12.1 Å². The van der Waals surface area contributed by atoms with Crippen molar-refractivity contribution in [2.75, 3.05) is 6.61 Å². The van der Waals surface area contributed by atoms with Crippen molar-refractivity contribution < 1.29 is 9.13 Å². The van der Waals surface area contributed by atoms with E-state index in [-0.39, 0.29) is 11.2 Å². The molecule has 1 N–H and O–H groups in total.